The predicted molar refractivity (Wildman–Crippen MR) is 67.6 cm³/mol. The standard InChI is InChI=1S/C12H24N2O4/c1-11(2,3)17-9(15)7(13)8(14)10(16)18-12(4,5)6/h7-8H,13-14H2,1-6H3. The molecular formula is C12H24N2O4. The molecule has 18 heavy (non-hydrogen) atoms. The Morgan fingerprint density at radius 2 is 1.00 bits per heavy atom. The highest BCUT2D eigenvalue weighted by molar-refractivity contribution is 5.87. The van der Waals surface area contributed by atoms with E-state index in [0.717, 1.165) is 0 Å². The third-order valence-corrected chi connectivity index (χ3v) is 1.74. The molecule has 0 rings (SSSR count). The minimum Gasteiger partial charge on any atom is -0.459 e. The Hall–Kier alpha value is -1.14. The molecule has 2 atom stereocenters. The Balaban J connectivity index is 4.55. The summed E-state index contributed by atoms with van der Waals surface area (Å²) >= 11 is 0. The van der Waals surface area contributed by atoms with Crippen molar-refractivity contribution in [1.82, 2.24) is 0 Å². The van der Waals surface area contributed by atoms with E-state index in [1.165, 1.54) is 0 Å². The first-order valence-corrected chi connectivity index (χ1v) is 5.80. The van der Waals surface area contributed by atoms with E-state index in [0.29, 0.717) is 0 Å². The molecule has 6 heteroatoms. The highest BCUT2D eigenvalue weighted by Crippen LogP contribution is 2.11. The molecule has 0 aromatic rings. The molecule has 0 heterocycles. The zero-order chi connectivity index (χ0) is 14.7. The van der Waals surface area contributed by atoms with Gasteiger partial charge in [-0.1, -0.05) is 0 Å². The minimum absolute atomic E-state index is 0.678. The summed E-state index contributed by atoms with van der Waals surface area (Å²) in [6.45, 7) is 10.2. The van der Waals surface area contributed by atoms with Crippen molar-refractivity contribution >= 4 is 11.9 Å². The summed E-state index contributed by atoms with van der Waals surface area (Å²) in [6, 6.07) is -2.47. The van der Waals surface area contributed by atoms with Gasteiger partial charge in [-0.05, 0) is 41.5 Å². The lowest BCUT2D eigenvalue weighted by Crippen LogP contribution is -2.54. The Kier molecular flexibility index (Phi) is 5.31. The van der Waals surface area contributed by atoms with Crippen LogP contribution >= 0.6 is 0 Å². The molecule has 6 nitrogen and oxygen atoms in total. The van der Waals surface area contributed by atoms with Crippen LogP contribution in [0.15, 0.2) is 0 Å². The van der Waals surface area contributed by atoms with Crippen LogP contribution in [-0.2, 0) is 19.1 Å². The van der Waals surface area contributed by atoms with Gasteiger partial charge in [-0.15, -0.1) is 0 Å². The molecule has 0 spiro atoms. The van der Waals surface area contributed by atoms with Crippen molar-refractivity contribution in [3.63, 3.8) is 0 Å². The molecule has 0 aromatic carbocycles. The summed E-state index contributed by atoms with van der Waals surface area (Å²) < 4.78 is 10.1. The second kappa shape index (κ2) is 5.67. The Morgan fingerprint density at radius 3 is 1.17 bits per heavy atom. The maximum atomic E-state index is 11.6. The van der Waals surface area contributed by atoms with Crippen LogP contribution < -0.4 is 11.5 Å². The summed E-state index contributed by atoms with van der Waals surface area (Å²) in [4.78, 5) is 23.3. The van der Waals surface area contributed by atoms with E-state index in [4.69, 9.17) is 20.9 Å². The van der Waals surface area contributed by atoms with Crippen LogP contribution in [0.5, 0.6) is 0 Å². The third-order valence-electron chi connectivity index (χ3n) is 1.74. The van der Waals surface area contributed by atoms with E-state index in [1.54, 1.807) is 41.5 Å². The summed E-state index contributed by atoms with van der Waals surface area (Å²) in [5.74, 6) is -1.44. The number of esters is 2. The second-order valence-corrected chi connectivity index (χ2v) is 6.12. The number of rotatable bonds is 3. The van der Waals surface area contributed by atoms with E-state index in [1.807, 2.05) is 0 Å². The van der Waals surface area contributed by atoms with Crippen LogP contribution in [0.3, 0.4) is 0 Å². The van der Waals surface area contributed by atoms with Crippen molar-refractivity contribution in [2.45, 2.75) is 64.8 Å². The number of ether oxygens (including phenoxy) is 2. The van der Waals surface area contributed by atoms with Gasteiger partial charge in [-0.3, -0.25) is 9.59 Å². The van der Waals surface area contributed by atoms with Gasteiger partial charge in [0, 0.05) is 0 Å². The third kappa shape index (κ3) is 6.56. The molecular weight excluding hydrogens is 236 g/mol. The molecule has 0 aliphatic carbocycles. The molecule has 0 radical (unpaired) electrons. The first-order valence-electron chi connectivity index (χ1n) is 5.80. The molecule has 0 aromatic heterocycles. The lowest BCUT2D eigenvalue weighted by atomic mass is 10.1. The van der Waals surface area contributed by atoms with E-state index in [2.05, 4.69) is 0 Å². The van der Waals surface area contributed by atoms with Crippen LogP contribution in [0.1, 0.15) is 41.5 Å². The minimum atomic E-state index is -1.24. The van der Waals surface area contributed by atoms with Gasteiger partial charge in [0.1, 0.15) is 23.3 Å². The van der Waals surface area contributed by atoms with Gasteiger partial charge in [-0.2, -0.15) is 0 Å². The normalized spacial score (nSPS) is 15.8. The van der Waals surface area contributed by atoms with Gasteiger partial charge >= 0.3 is 11.9 Å². The lowest BCUT2D eigenvalue weighted by Gasteiger charge is -2.26. The van der Waals surface area contributed by atoms with Crippen LogP contribution in [0.4, 0.5) is 0 Å². The monoisotopic (exact) mass is 260 g/mol. The predicted octanol–water partition coefficient (Wildman–Crippen LogP) is 0.324. The summed E-state index contributed by atoms with van der Waals surface area (Å²) in [6.07, 6.45) is 0. The number of carbonyl (C=O) groups excluding carboxylic acids is 2. The zero-order valence-corrected chi connectivity index (χ0v) is 11.9. The van der Waals surface area contributed by atoms with Gasteiger partial charge in [0.15, 0.2) is 0 Å². The number of carbonyl (C=O) groups is 2. The van der Waals surface area contributed by atoms with E-state index in [9.17, 15) is 9.59 Å². The van der Waals surface area contributed by atoms with Crippen molar-refractivity contribution in [2.24, 2.45) is 11.5 Å². The quantitative estimate of drug-likeness (QED) is 0.708. The van der Waals surface area contributed by atoms with Gasteiger partial charge < -0.3 is 20.9 Å². The highest BCUT2D eigenvalue weighted by atomic mass is 16.6. The van der Waals surface area contributed by atoms with Crippen molar-refractivity contribution in [2.75, 3.05) is 0 Å². The SMILES string of the molecule is CC(C)(C)OC(=O)C(N)C(N)C(=O)OC(C)(C)C. The summed E-state index contributed by atoms with van der Waals surface area (Å²) in [5.41, 5.74) is 9.82. The van der Waals surface area contributed by atoms with Gasteiger partial charge in [0.2, 0.25) is 0 Å². The molecule has 0 amide bonds. The number of hydrogen-bond acceptors (Lipinski definition) is 6. The molecule has 106 valence electrons. The average Bonchev–Trinajstić information content (AvgIpc) is 2.09. The molecule has 0 bridgehead atoms. The maximum Gasteiger partial charge on any atom is 0.325 e. The molecule has 0 aliphatic heterocycles. The topological polar surface area (TPSA) is 105 Å². The largest absolute Gasteiger partial charge is 0.459 e. The first-order chi connectivity index (χ1) is 7.83. The number of nitrogens with two attached hydrogens (primary N) is 2. The van der Waals surface area contributed by atoms with E-state index < -0.39 is 35.2 Å². The molecule has 0 saturated carbocycles. The summed E-state index contributed by atoms with van der Waals surface area (Å²) in [7, 11) is 0. The fraction of sp³-hybridized carbons (Fsp3) is 0.833. The fourth-order valence-electron chi connectivity index (χ4n) is 1.03. The lowest BCUT2D eigenvalue weighted by molar-refractivity contribution is -0.165. The Labute approximate surface area is 108 Å². The smallest absolute Gasteiger partial charge is 0.325 e. The fourth-order valence-corrected chi connectivity index (χ4v) is 1.03. The highest BCUT2D eigenvalue weighted by Gasteiger charge is 2.33. The van der Waals surface area contributed by atoms with Crippen molar-refractivity contribution < 1.29 is 19.1 Å². The van der Waals surface area contributed by atoms with Crippen LogP contribution in [0.2, 0.25) is 0 Å². The molecule has 0 aliphatic rings. The van der Waals surface area contributed by atoms with Crippen LogP contribution in [0.25, 0.3) is 0 Å². The average molecular weight is 260 g/mol. The molecule has 2 unspecified atom stereocenters. The Morgan fingerprint density at radius 1 is 0.778 bits per heavy atom. The van der Waals surface area contributed by atoms with Crippen LogP contribution in [0, 0.1) is 0 Å². The van der Waals surface area contributed by atoms with E-state index in [-0.39, 0.29) is 0 Å². The van der Waals surface area contributed by atoms with Crippen molar-refractivity contribution in [3.05, 3.63) is 0 Å². The van der Waals surface area contributed by atoms with Gasteiger partial charge in [0.05, 0.1) is 0 Å². The molecule has 0 saturated heterocycles. The van der Waals surface area contributed by atoms with Gasteiger partial charge in [0.25, 0.3) is 0 Å². The zero-order valence-electron chi connectivity index (χ0n) is 11.9. The number of hydrogen-bond donors (Lipinski definition) is 2. The second-order valence-electron chi connectivity index (χ2n) is 6.12. The Bertz CT molecular complexity index is 283. The molecule has 0 fully saturated rings. The van der Waals surface area contributed by atoms with E-state index >= 15 is 0 Å². The maximum absolute atomic E-state index is 11.6. The van der Waals surface area contributed by atoms with Gasteiger partial charge in [-0.25, -0.2) is 0 Å². The molecule has 4 N–H and O–H groups in total. The first kappa shape index (κ1) is 16.9. The van der Waals surface area contributed by atoms with Crippen molar-refractivity contribution in [1.29, 1.82) is 0 Å². The summed E-state index contributed by atoms with van der Waals surface area (Å²) in [5, 5.41) is 0. The van der Waals surface area contributed by atoms with Crippen molar-refractivity contribution in [3.8, 4) is 0 Å². The van der Waals surface area contributed by atoms with Crippen LogP contribution in [-0.4, -0.2) is 35.2 Å².